The van der Waals surface area contributed by atoms with Gasteiger partial charge in [-0.25, -0.2) is 8.42 Å². The summed E-state index contributed by atoms with van der Waals surface area (Å²) in [6.45, 7) is -0.425. The van der Waals surface area contributed by atoms with Crippen LogP contribution in [0, 0.1) is 0 Å². The van der Waals surface area contributed by atoms with Gasteiger partial charge in [0.25, 0.3) is 5.91 Å². The van der Waals surface area contributed by atoms with Crippen LogP contribution in [0.1, 0.15) is 0 Å². The van der Waals surface area contributed by atoms with Crippen LogP contribution in [0.2, 0.25) is 0 Å². The first-order valence-corrected chi connectivity index (χ1v) is 10.8. The molecule has 0 atom stereocenters. The summed E-state index contributed by atoms with van der Waals surface area (Å²) >= 11 is 3.25. The van der Waals surface area contributed by atoms with Crippen molar-refractivity contribution in [3.8, 4) is 5.75 Å². The van der Waals surface area contributed by atoms with Crippen molar-refractivity contribution >= 4 is 43.5 Å². The molecule has 0 aliphatic rings. The molecule has 0 radical (unpaired) electrons. The predicted octanol–water partition coefficient (Wildman–Crippen LogP) is 2.18. The highest BCUT2D eigenvalue weighted by atomic mass is 79.9. The van der Waals surface area contributed by atoms with E-state index >= 15 is 0 Å². The van der Waals surface area contributed by atoms with Crippen LogP contribution in [0.4, 0.5) is 5.69 Å². The highest BCUT2D eigenvalue weighted by Gasteiger charge is 2.22. The molecule has 0 aliphatic heterocycles. The first kappa shape index (κ1) is 22.9. The number of nitrogens with one attached hydrogen (secondary N) is 1. The molecule has 0 fully saturated rings. The fraction of sp³-hybridized carbons (Fsp3) is 0.263. The second kappa shape index (κ2) is 9.86. The van der Waals surface area contributed by atoms with Crippen molar-refractivity contribution < 1.29 is 22.7 Å². The van der Waals surface area contributed by atoms with E-state index in [1.54, 1.807) is 50.5 Å². The molecule has 10 heteroatoms. The Bertz CT molecular complexity index is 960. The van der Waals surface area contributed by atoms with Crippen molar-refractivity contribution in [3.63, 3.8) is 0 Å². The number of halogens is 1. The van der Waals surface area contributed by atoms with Crippen LogP contribution in [0.5, 0.6) is 5.75 Å². The molecule has 2 aromatic carbocycles. The number of anilines is 1. The number of amides is 2. The van der Waals surface area contributed by atoms with Crippen molar-refractivity contribution in [2.45, 2.75) is 4.90 Å². The minimum absolute atomic E-state index is 0.0859. The zero-order valence-corrected chi connectivity index (χ0v) is 18.7. The lowest BCUT2D eigenvalue weighted by Gasteiger charge is -2.17. The van der Waals surface area contributed by atoms with Gasteiger partial charge in [-0.1, -0.05) is 15.9 Å². The second-order valence-electron chi connectivity index (χ2n) is 6.36. The number of sulfonamides is 1. The highest BCUT2D eigenvalue weighted by Crippen LogP contribution is 2.19. The predicted molar refractivity (Wildman–Crippen MR) is 113 cm³/mol. The van der Waals surface area contributed by atoms with Crippen LogP contribution in [0.25, 0.3) is 0 Å². The smallest absolute Gasteiger partial charge is 0.259 e. The van der Waals surface area contributed by atoms with Gasteiger partial charge in [-0.05, 0) is 48.5 Å². The van der Waals surface area contributed by atoms with E-state index in [2.05, 4.69) is 21.2 Å². The van der Waals surface area contributed by atoms with Crippen molar-refractivity contribution in [2.24, 2.45) is 0 Å². The summed E-state index contributed by atoms with van der Waals surface area (Å²) < 4.78 is 32.2. The van der Waals surface area contributed by atoms with Gasteiger partial charge in [0, 0.05) is 31.3 Å². The summed E-state index contributed by atoms with van der Waals surface area (Å²) in [4.78, 5) is 25.3. The maximum atomic E-state index is 12.5. The van der Waals surface area contributed by atoms with E-state index in [0.717, 1.165) is 8.78 Å². The monoisotopic (exact) mass is 483 g/mol. The third-order valence-electron chi connectivity index (χ3n) is 3.89. The molecule has 0 saturated heterocycles. The number of carbonyl (C=O) groups excluding carboxylic acids is 2. The number of hydrogen-bond acceptors (Lipinski definition) is 5. The molecule has 2 rings (SSSR count). The van der Waals surface area contributed by atoms with Gasteiger partial charge in [0.05, 0.1) is 11.4 Å². The van der Waals surface area contributed by atoms with Gasteiger partial charge in [0.2, 0.25) is 15.9 Å². The number of nitrogens with zero attached hydrogens (tertiary/aromatic N) is 2. The molecule has 29 heavy (non-hydrogen) atoms. The lowest BCUT2D eigenvalue weighted by Crippen LogP contribution is -2.34. The van der Waals surface area contributed by atoms with Crippen LogP contribution in [0.3, 0.4) is 0 Å². The van der Waals surface area contributed by atoms with Gasteiger partial charge in [0.1, 0.15) is 5.75 Å². The van der Waals surface area contributed by atoms with E-state index in [1.165, 1.54) is 24.1 Å². The largest absolute Gasteiger partial charge is 0.484 e. The van der Waals surface area contributed by atoms with Gasteiger partial charge < -0.3 is 15.0 Å². The highest BCUT2D eigenvalue weighted by molar-refractivity contribution is 9.10. The zero-order valence-electron chi connectivity index (χ0n) is 16.3. The Labute approximate surface area is 178 Å². The molecule has 2 amide bonds. The Morgan fingerprint density at radius 1 is 1.00 bits per heavy atom. The van der Waals surface area contributed by atoms with E-state index in [1.807, 2.05) is 0 Å². The van der Waals surface area contributed by atoms with Crippen molar-refractivity contribution in [2.75, 3.05) is 39.6 Å². The summed E-state index contributed by atoms with van der Waals surface area (Å²) in [6.07, 6.45) is 0. The van der Waals surface area contributed by atoms with Crippen LogP contribution >= 0.6 is 15.9 Å². The van der Waals surface area contributed by atoms with Gasteiger partial charge in [0.15, 0.2) is 6.61 Å². The van der Waals surface area contributed by atoms with Crippen LogP contribution < -0.4 is 10.1 Å². The molecule has 0 aromatic heterocycles. The molecule has 0 bridgehead atoms. The van der Waals surface area contributed by atoms with Crippen LogP contribution in [-0.4, -0.2) is 63.7 Å². The Kier molecular flexibility index (Phi) is 7.77. The van der Waals surface area contributed by atoms with E-state index in [0.29, 0.717) is 11.4 Å². The first-order valence-electron chi connectivity index (χ1n) is 8.54. The number of carbonyl (C=O) groups is 2. The fourth-order valence-electron chi connectivity index (χ4n) is 2.18. The Morgan fingerprint density at radius 2 is 1.59 bits per heavy atom. The Balaban J connectivity index is 1.93. The van der Waals surface area contributed by atoms with Crippen LogP contribution in [-0.2, 0) is 19.6 Å². The van der Waals surface area contributed by atoms with Crippen molar-refractivity contribution in [3.05, 3.63) is 53.0 Å². The molecular formula is C19H22BrN3O5S. The van der Waals surface area contributed by atoms with E-state index in [4.69, 9.17) is 4.74 Å². The summed E-state index contributed by atoms with van der Waals surface area (Å²) in [6, 6.07) is 12.6. The average Bonchev–Trinajstić information content (AvgIpc) is 2.67. The normalized spacial score (nSPS) is 11.2. The van der Waals surface area contributed by atoms with Crippen molar-refractivity contribution in [1.82, 2.24) is 9.21 Å². The molecule has 8 nitrogen and oxygen atoms in total. The van der Waals surface area contributed by atoms with E-state index in [9.17, 15) is 18.0 Å². The topological polar surface area (TPSA) is 96.0 Å². The summed E-state index contributed by atoms with van der Waals surface area (Å²) in [5.74, 6) is -0.171. The van der Waals surface area contributed by atoms with Gasteiger partial charge >= 0.3 is 0 Å². The lowest BCUT2D eigenvalue weighted by molar-refractivity contribution is -0.130. The SMILES string of the molecule is CN(C)C(=O)COc1ccc(NC(=O)CN(C)S(=O)(=O)c2ccc(Br)cc2)cc1. The number of ether oxygens (including phenoxy) is 1. The van der Waals surface area contributed by atoms with Gasteiger partial charge in [-0.2, -0.15) is 4.31 Å². The first-order chi connectivity index (χ1) is 13.6. The number of rotatable bonds is 8. The molecule has 1 N–H and O–H groups in total. The Hall–Kier alpha value is -2.43. The van der Waals surface area contributed by atoms with Gasteiger partial charge in [-0.3, -0.25) is 9.59 Å². The number of hydrogen-bond donors (Lipinski definition) is 1. The van der Waals surface area contributed by atoms with E-state index < -0.39 is 15.9 Å². The summed E-state index contributed by atoms with van der Waals surface area (Å²) in [5, 5.41) is 2.63. The Morgan fingerprint density at radius 3 is 2.14 bits per heavy atom. The summed E-state index contributed by atoms with van der Waals surface area (Å²) in [7, 11) is 0.841. The number of likely N-dealkylation sites (N-methyl/N-ethyl adjacent to an activating group) is 2. The fourth-order valence-corrected chi connectivity index (χ4v) is 3.57. The third kappa shape index (κ3) is 6.55. The maximum absolute atomic E-state index is 12.5. The minimum Gasteiger partial charge on any atom is -0.484 e. The molecule has 2 aromatic rings. The van der Waals surface area contributed by atoms with Gasteiger partial charge in [-0.15, -0.1) is 0 Å². The standard InChI is InChI=1S/C19H22BrN3O5S/c1-22(2)19(25)13-28-16-8-6-15(7-9-16)21-18(24)12-23(3)29(26,27)17-10-4-14(20)5-11-17/h4-11H,12-13H2,1-3H3,(H,21,24). The lowest BCUT2D eigenvalue weighted by atomic mass is 10.3. The molecule has 0 heterocycles. The summed E-state index contributed by atoms with van der Waals surface area (Å²) in [5.41, 5.74) is 0.482. The zero-order chi connectivity index (χ0) is 21.6. The van der Waals surface area contributed by atoms with Crippen LogP contribution in [0.15, 0.2) is 57.9 Å². The molecule has 0 aliphatic carbocycles. The quantitative estimate of drug-likeness (QED) is 0.620. The molecule has 0 unspecified atom stereocenters. The molecular weight excluding hydrogens is 462 g/mol. The minimum atomic E-state index is -3.78. The molecule has 0 spiro atoms. The second-order valence-corrected chi connectivity index (χ2v) is 9.32. The average molecular weight is 484 g/mol. The van der Waals surface area contributed by atoms with E-state index in [-0.39, 0.29) is 24.0 Å². The number of benzene rings is 2. The molecule has 156 valence electrons. The maximum Gasteiger partial charge on any atom is 0.259 e. The molecule has 0 saturated carbocycles. The third-order valence-corrected chi connectivity index (χ3v) is 6.23. The van der Waals surface area contributed by atoms with Crippen molar-refractivity contribution in [1.29, 1.82) is 0 Å².